The van der Waals surface area contributed by atoms with Gasteiger partial charge in [-0.1, -0.05) is 370 Å². The SMILES string of the molecule is c1ccc(-c2ccc(N(c3ccccc3)c3ccc(-c4ccc5c(c4)c4cc(-c6cccc7ccccc67)ccc4n5-c4ccc(-c5ccc6c7ccccc7c7ccccc7c6c5)cc4)cc3)cc2)cc1.c1ccc(-c2ccc(N(c3ccccc3)c3ccc(-c4ccc5c(c4)c4ccccc4n5-c4ccc(-c5ccc6c7ccccc7c7ccccc7c6c5)cc4)cc3)cc2)cc1. The van der Waals surface area contributed by atoms with Crippen LogP contribution >= 0.6 is 0 Å². The molecule has 0 unspecified atom stereocenters. The zero-order valence-electron chi connectivity index (χ0n) is 73.4. The Morgan fingerprint density at radius 1 is 0.119 bits per heavy atom. The van der Waals surface area contributed by atoms with Crippen molar-refractivity contribution in [2.45, 2.75) is 0 Å². The average molecular weight is 1700 g/mol. The molecule has 0 fully saturated rings. The predicted molar refractivity (Wildman–Crippen MR) is 572 cm³/mol. The number of nitrogens with zero attached hydrogens (tertiary/aromatic N) is 4. The molecule has 0 radical (unpaired) electrons. The van der Waals surface area contributed by atoms with Crippen molar-refractivity contribution in [1.29, 1.82) is 0 Å². The Kier molecular flexibility index (Phi) is 19.6. The van der Waals surface area contributed by atoms with E-state index in [4.69, 9.17) is 0 Å². The molecular formula is C130H86N4. The molecule has 0 saturated carbocycles. The largest absolute Gasteiger partial charge is 0.311 e. The van der Waals surface area contributed by atoms with Gasteiger partial charge in [0.25, 0.3) is 0 Å². The van der Waals surface area contributed by atoms with Crippen LogP contribution in [0.3, 0.4) is 0 Å². The smallest absolute Gasteiger partial charge is 0.0541 e. The van der Waals surface area contributed by atoms with E-state index in [1.807, 2.05) is 0 Å². The Morgan fingerprint density at radius 3 is 0.716 bits per heavy atom. The van der Waals surface area contributed by atoms with Gasteiger partial charge >= 0.3 is 0 Å². The van der Waals surface area contributed by atoms with Crippen LogP contribution in [0.1, 0.15) is 0 Å². The monoisotopic (exact) mass is 1700 g/mol. The van der Waals surface area contributed by atoms with Gasteiger partial charge in [-0.15, -0.1) is 0 Å². The van der Waals surface area contributed by atoms with E-state index in [0.717, 1.165) is 45.5 Å². The fourth-order valence-corrected chi connectivity index (χ4v) is 20.9. The van der Waals surface area contributed by atoms with Gasteiger partial charge in [-0.25, -0.2) is 0 Å². The van der Waals surface area contributed by atoms with Gasteiger partial charge in [-0.05, 0) is 305 Å². The average Bonchev–Trinajstić information content (AvgIpc) is 1.17. The van der Waals surface area contributed by atoms with Crippen molar-refractivity contribution in [2.24, 2.45) is 0 Å². The molecule has 0 N–H and O–H groups in total. The second kappa shape index (κ2) is 33.4. The van der Waals surface area contributed by atoms with Gasteiger partial charge in [0.15, 0.2) is 0 Å². The van der Waals surface area contributed by atoms with Crippen LogP contribution in [-0.4, -0.2) is 9.13 Å². The predicted octanol–water partition coefficient (Wildman–Crippen LogP) is 36.2. The highest BCUT2D eigenvalue weighted by atomic mass is 15.1. The second-order valence-electron chi connectivity index (χ2n) is 35.0. The Hall–Kier alpha value is -17.7. The van der Waals surface area contributed by atoms with E-state index in [2.05, 4.69) is 541 Å². The summed E-state index contributed by atoms with van der Waals surface area (Å²) < 4.78 is 4.84. The molecule has 0 aliphatic carbocycles. The zero-order valence-corrected chi connectivity index (χ0v) is 73.4. The molecule has 24 aromatic carbocycles. The number of hydrogen-bond donors (Lipinski definition) is 0. The molecule has 0 saturated heterocycles. The number of anilines is 6. The molecule has 2 heterocycles. The van der Waals surface area contributed by atoms with Gasteiger partial charge in [-0.3, -0.25) is 0 Å². The number of hydrogen-bond acceptors (Lipinski definition) is 2. The molecule has 0 spiro atoms. The standard InChI is InChI=1S/C70H46N2.C60H40N2/c1-3-14-47(15-4-1)48-26-35-56(36-27-48)71(55-18-5-2-6-19-55)57-37-28-50(29-38-57)53-33-42-69-67(45-53)68-46-54(60-25-13-17-51-16-7-8-20-59(51)60)34-43-70(68)72(69)58-39-30-49(31-40-58)52-32-41-65-63-23-10-9-21-61(63)62-22-11-12-24-64(62)66(65)44-52;1-3-13-41(14-4-1)42-23-31-48(32-24-42)61(47-15-5-2-6-16-47)49-33-25-44(26-34-49)46-30-38-60-58(40-46)56-21-11-12-22-59(56)62(60)50-35-27-43(28-36-50)45-29-37-55-53-19-8-7-17-51(53)52-18-9-10-20-54(52)57(55)39-45/h1-46H;1-40H. The molecule has 0 atom stereocenters. The van der Waals surface area contributed by atoms with Crippen molar-refractivity contribution < 1.29 is 0 Å². The molecule has 26 rings (SSSR count). The molecular weight excluding hydrogens is 1620 g/mol. The van der Waals surface area contributed by atoms with Crippen molar-refractivity contribution in [3.63, 3.8) is 0 Å². The van der Waals surface area contributed by atoms with E-state index in [9.17, 15) is 0 Å². The first-order valence-corrected chi connectivity index (χ1v) is 46.2. The third-order valence-corrected chi connectivity index (χ3v) is 27.4. The summed E-state index contributed by atoms with van der Waals surface area (Å²) in [6, 6.07) is 190. The van der Waals surface area contributed by atoms with E-state index < -0.39 is 0 Å². The summed E-state index contributed by atoms with van der Waals surface area (Å²) in [6.45, 7) is 0. The lowest BCUT2D eigenvalue weighted by Gasteiger charge is -2.26. The molecule has 0 aliphatic rings. The quantitative estimate of drug-likeness (QED) is 0.0951. The lowest BCUT2D eigenvalue weighted by Crippen LogP contribution is -2.09. The zero-order chi connectivity index (χ0) is 88.5. The van der Waals surface area contributed by atoms with Crippen molar-refractivity contribution in [3.05, 3.63) is 522 Å². The van der Waals surface area contributed by atoms with Gasteiger partial charge in [0.1, 0.15) is 0 Å². The first-order chi connectivity index (χ1) is 66.4. The van der Waals surface area contributed by atoms with Crippen LogP contribution in [0.4, 0.5) is 34.1 Å². The summed E-state index contributed by atoms with van der Waals surface area (Å²) in [5.74, 6) is 0. The molecule has 4 heteroatoms. The number of para-hydroxylation sites is 3. The van der Waals surface area contributed by atoms with E-state index in [0.29, 0.717) is 0 Å². The minimum Gasteiger partial charge on any atom is -0.311 e. The summed E-state index contributed by atoms with van der Waals surface area (Å²) in [7, 11) is 0. The molecule has 0 bridgehead atoms. The Balaban J connectivity index is 0.000000145. The normalized spacial score (nSPS) is 11.6. The number of rotatable bonds is 15. The van der Waals surface area contributed by atoms with E-state index in [-0.39, 0.29) is 0 Å². The van der Waals surface area contributed by atoms with Crippen molar-refractivity contribution in [3.8, 4) is 89.3 Å². The number of fused-ring (bicyclic) bond motifs is 19. The topological polar surface area (TPSA) is 16.3 Å². The molecule has 0 aliphatic heterocycles. The summed E-state index contributed by atoms with van der Waals surface area (Å²) >= 11 is 0. The number of benzene rings is 24. The van der Waals surface area contributed by atoms with Crippen molar-refractivity contribution in [2.75, 3.05) is 9.80 Å². The number of aromatic nitrogens is 2. The summed E-state index contributed by atoms with van der Waals surface area (Å²) in [6.07, 6.45) is 0. The summed E-state index contributed by atoms with van der Waals surface area (Å²) in [4.78, 5) is 4.66. The second-order valence-corrected chi connectivity index (χ2v) is 35.0. The molecule has 134 heavy (non-hydrogen) atoms. The van der Waals surface area contributed by atoms with Crippen molar-refractivity contribution in [1.82, 2.24) is 9.13 Å². The summed E-state index contributed by atoms with van der Waals surface area (Å²) in [5.41, 5.74) is 30.5. The lowest BCUT2D eigenvalue weighted by molar-refractivity contribution is 1.18. The van der Waals surface area contributed by atoms with Gasteiger partial charge in [0.2, 0.25) is 0 Å². The van der Waals surface area contributed by atoms with E-state index in [1.54, 1.807) is 0 Å². The third kappa shape index (κ3) is 14.0. The molecule has 4 nitrogen and oxygen atoms in total. The van der Waals surface area contributed by atoms with Crippen LogP contribution in [0.25, 0.3) is 208 Å². The van der Waals surface area contributed by atoms with Gasteiger partial charge in [0.05, 0.1) is 22.1 Å². The van der Waals surface area contributed by atoms with Crippen LogP contribution in [0.15, 0.2) is 522 Å². The van der Waals surface area contributed by atoms with Gasteiger partial charge in [0, 0.05) is 67.0 Å². The molecule has 0 amide bonds. The maximum Gasteiger partial charge on any atom is 0.0541 e. The minimum atomic E-state index is 1.10. The van der Waals surface area contributed by atoms with Gasteiger partial charge in [-0.2, -0.15) is 0 Å². The Morgan fingerprint density at radius 2 is 0.343 bits per heavy atom. The van der Waals surface area contributed by atoms with Crippen LogP contribution < -0.4 is 9.80 Å². The van der Waals surface area contributed by atoms with E-state index >= 15 is 0 Å². The maximum absolute atomic E-state index is 2.44. The van der Waals surface area contributed by atoms with Crippen LogP contribution in [-0.2, 0) is 0 Å². The van der Waals surface area contributed by atoms with E-state index in [1.165, 1.54) is 197 Å². The molecule has 2 aromatic heterocycles. The minimum absolute atomic E-state index is 1.10. The highest BCUT2D eigenvalue weighted by molar-refractivity contribution is 6.27. The molecule has 626 valence electrons. The Bertz CT molecular complexity index is 8900. The third-order valence-electron chi connectivity index (χ3n) is 27.4. The van der Waals surface area contributed by atoms with Crippen molar-refractivity contribution >= 4 is 153 Å². The molecule has 26 aromatic rings. The van der Waals surface area contributed by atoms with Crippen LogP contribution in [0.5, 0.6) is 0 Å². The highest BCUT2D eigenvalue weighted by Crippen LogP contribution is 2.47. The van der Waals surface area contributed by atoms with Crippen LogP contribution in [0, 0.1) is 0 Å². The van der Waals surface area contributed by atoms with Crippen LogP contribution in [0.2, 0.25) is 0 Å². The fraction of sp³-hybridized carbons (Fsp3) is 0. The fourth-order valence-electron chi connectivity index (χ4n) is 20.9. The first-order valence-electron chi connectivity index (χ1n) is 46.2. The highest BCUT2D eigenvalue weighted by Gasteiger charge is 2.23. The first kappa shape index (κ1) is 78.5. The summed E-state index contributed by atoms with van der Waals surface area (Å²) in [5, 5.41) is 22.9. The van der Waals surface area contributed by atoms with Gasteiger partial charge < -0.3 is 18.9 Å². The Labute approximate surface area is 777 Å². The lowest BCUT2D eigenvalue weighted by atomic mass is 9.92. The maximum atomic E-state index is 2.44.